The number of hydrogen-bond acceptors (Lipinski definition) is 4. The standard InChI is InChI=1S/C16H21BrClNO4/c1-16(2,3)23-15(21)19(4)13(14(20)22-5)9-10-8-11(18)6-7-12(10)17/h6-8,13H,9H2,1-5H3/t13-/m0/s1. The number of ether oxygens (including phenoxy) is 2. The first-order valence-corrected chi connectivity index (χ1v) is 8.20. The lowest BCUT2D eigenvalue weighted by Gasteiger charge is -2.29. The molecule has 0 radical (unpaired) electrons. The van der Waals surface area contributed by atoms with E-state index in [2.05, 4.69) is 15.9 Å². The number of likely N-dealkylation sites (N-methyl/N-ethyl adjacent to an activating group) is 1. The maximum absolute atomic E-state index is 12.2. The van der Waals surface area contributed by atoms with Gasteiger partial charge in [-0.3, -0.25) is 4.90 Å². The summed E-state index contributed by atoms with van der Waals surface area (Å²) in [6, 6.07) is 4.45. The van der Waals surface area contributed by atoms with Crippen LogP contribution in [0.25, 0.3) is 0 Å². The Morgan fingerprint density at radius 3 is 2.48 bits per heavy atom. The van der Waals surface area contributed by atoms with Crippen LogP contribution in [-0.4, -0.2) is 42.8 Å². The lowest BCUT2D eigenvalue weighted by molar-refractivity contribution is -0.146. The summed E-state index contributed by atoms with van der Waals surface area (Å²) in [6.07, 6.45) is -0.338. The van der Waals surface area contributed by atoms with E-state index in [0.29, 0.717) is 5.02 Å². The summed E-state index contributed by atoms with van der Waals surface area (Å²) in [6.45, 7) is 5.29. The van der Waals surface area contributed by atoms with E-state index in [9.17, 15) is 9.59 Å². The number of carbonyl (C=O) groups is 2. The van der Waals surface area contributed by atoms with Gasteiger partial charge in [-0.2, -0.15) is 0 Å². The van der Waals surface area contributed by atoms with Gasteiger partial charge in [0.15, 0.2) is 0 Å². The monoisotopic (exact) mass is 405 g/mol. The average molecular weight is 407 g/mol. The van der Waals surface area contributed by atoms with Crippen molar-refractivity contribution in [1.29, 1.82) is 0 Å². The van der Waals surface area contributed by atoms with E-state index in [1.165, 1.54) is 19.1 Å². The molecule has 7 heteroatoms. The van der Waals surface area contributed by atoms with Crippen LogP contribution in [0.5, 0.6) is 0 Å². The Hall–Kier alpha value is -1.27. The molecule has 1 amide bonds. The second-order valence-corrected chi connectivity index (χ2v) is 7.36. The minimum absolute atomic E-state index is 0.254. The molecule has 5 nitrogen and oxygen atoms in total. The summed E-state index contributed by atoms with van der Waals surface area (Å²) in [5.74, 6) is -0.523. The average Bonchev–Trinajstić information content (AvgIpc) is 2.44. The highest BCUT2D eigenvalue weighted by Gasteiger charge is 2.31. The second kappa shape index (κ2) is 8.02. The molecule has 0 aliphatic rings. The van der Waals surface area contributed by atoms with Crippen molar-refractivity contribution in [3.63, 3.8) is 0 Å². The van der Waals surface area contributed by atoms with E-state index in [4.69, 9.17) is 21.1 Å². The smallest absolute Gasteiger partial charge is 0.410 e. The minimum Gasteiger partial charge on any atom is -0.467 e. The quantitative estimate of drug-likeness (QED) is 0.708. The number of amides is 1. The van der Waals surface area contributed by atoms with Gasteiger partial charge in [0.05, 0.1) is 7.11 Å². The third-order valence-electron chi connectivity index (χ3n) is 3.04. The number of hydrogen-bond donors (Lipinski definition) is 0. The van der Waals surface area contributed by atoms with E-state index in [1.807, 2.05) is 0 Å². The van der Waals surface area contributed by atoms with E-state index < -0.39 is 23.7 Å². The summed E-state index contributed by atoms with van der Waals surface area (Å²) in [4.78, 5) is 25.6. The number of carbonyl (C=O) groups excluding carboxylic acids is 2. The van der Waals surface area contributed by atoms with Crippen molar-refractivity contribution in [2.45, 2.75) is 38.8 Å². The Morgan fingerprint density at radius 1 is 1.35 bits per heavy atom. The van der Waals surface area contributed by atoms with Gasteiger partial charge >= 0.3 is 12.1 Å². The van der Waals surface area contributed by atoms with Crippen LogP contribution in [0.3, 0.4) is 0 Å². The third kappa shape index (κ3) is 6.03. The van der Waals surface area contributed by atoms with Crippen LogP contribution in [-0.2, 0) is 20.7 Å². The van der Waals surface area contributed by atoms with Gasteiger partial charge in [0, 0.05) is 23.0 Å². The van der Waals surface area contributed by atoms with Crippen LogP contribution in [0.15, 0.2) is 22.7 Å². The SMILES string of the molecule is COC(=O)[C@H](Cc1cc(Cl)ccc1Br)N(C)C(=O)OC(C)(C)C. The molecule has 0 fully saturated rings. The lowest BCUT2D eigenvalue weighted by atomic mass is 10.1. The zero-order valence-electron chi connectivity index (χ0n) is 13.9. The van der Waals surface area contributed by atoms with Gasteiger partial charge in [-0.25, -0.2) is 9.59 Å². The van der Waals surface area contributed by atoms with Gasteiger partial charge in [0.2, 0.25) is 0 Å². The molecule has 0 aliphatic heterocycles. The number of benzene rings is 1. The zero-order valence-corrected chi connectivity index (χ0v) is 16.2. The first-order chi connectivity index (χ1) is 10.5. The van der Waals surface area contributed by atoms with Crippen LogP contribution in [0.1, 0.15) is 26.3 Å². The highest BCUT2D eigenvalue weighted by Crippen LogP contribution is 2.24. The maximum Gasteiger partial charge on any atom is 0.410 e. The molecule has 1 atom stereocenters. The van der Waals surface area contributed by atoms with Gasteiger partial charge in [-0.1, -0.05) is 27.5 Å². The maximum atomic E-state index is 12.2. The first-order valence-electron chi connectivity index (χ1n) is 7.02. The minimum atomic E-state index is -0.815. The van der Waals surface area contributed by atoms with Crippen molar-refractivity contribution in [3.05, 3.63) is 33.3 Å². The Labute approximate surface area is 150 Å². The summed E-state index contributed by atoms with van der Waals surface area (Å²) < 4.78 is 10.9. The number of halogens is 2. The van der Waals surface area contributed by atoms with Crippen LogP contribution < -0.4 is 0 Å². The van der Waals surface area contributed by atoms with Gasteiger partial charge in [0.25, 0.3) is 0 Å². The first kappa shape index (κ1) is 19.8. The topological polar surface area (TPSA) is 55.8 Å². The largest absolute Gasteiger partial charge is 0.467 e. The Kier molecular flexibility index (Phi) is 6.89. The van der Waals surface area contributed by atoms with E-state index in [1.54, 1.807) is 39.0 Å². The van der Waals surface area contributed by atoms with E-state index in [0.717, 1.165) is 10.0 Å². The lowest BCUT2D eigenvalue weighted by Crippen LogP contribution is -2.46. The Bertz CT molecular complexity index is 586. The highest BCUT2D eigenvalue weighted by molar-refractivity contribution is 9.10. The van der Waals surface area contributed by atoms with Crippen LogP contribution in [0, 0.1) is 0 Å². The molecule has 0 saturated carbocycles. The molecule has 0 bridgehead atoms. The number of nitrogens with zero attached hydrogens (tertiary/aromatic N) is 1. The molecule has 128 valence electrons. The Balaban J connectivity index is 3.03. The molecule has 0 heterocycles. The molecule has 0 N–H and O–H groups in total. The number of esters is 1. The Morgan fingerprint density at radius 2 is 1.96 bits per heavy atom. The van der Waals surface area contributed by atoms with Crippen molar-refractivity contribution in [2.24, 2.45) is 0 Å². The molecule has 0 aromatic heterocycles. The number of methoxy groups -OCH3 is 1. The van der Waals surface area contributed by atoms with Crippen molar-refractivity contribution < 1.29 is 19.1 Å². The van der Waals surface area contributed by atoms with Crippen molar-refractivity contribution in [2.75, 3.05) is 14.2 Å². The van der Waals surface area contributed by atoms with Crippen molar-refractivity contribution >= 4 is 39.6 Å². The predicted octanol–water partition coefficient (Wildman–Crippen LogP) is 4.05. The van der Waals surface area contributed by atoms with Gasteiger partial charge in [-0.05, 0) is 44.5 Å². The van der Waals surface area contributed by atoms with Gasteiger partial charge < -0.3 is 9.47 Å². The van der Waals surface area contributed by atoms with E-state index >= 15 is 0 Å². The summed E-state index contributed by atoms with van der Waals surface area (Å²) in [5.41, 5.74) is 0.145. The third-order valence-corrected chi connectivity index (χ3v) is 4.05. The number of rotatable bonds is 4. The van der Waals surface area contributed by atoms with Gasteiger partial charge in [0.1, 0.15) is 11.6 Å². The molecular formula is C16H21BrClNO4. The molecule has 0 aliphatic carbocycles. The van der Waals surface area contributed by atoms with Crippen LogP contribution in [0.2, 0.25) is 5.02 Å². The van der Waals surface area contributed by atoms with Crippen molar-refractivity contribution in [1.82, 2.24) is 4.90 Å². The fourth-order valence-corrected chi connectivity index (χ4v) is 2.49. The normalized spacial score (nSPS) is 12.5. The molecular weight excluding hydrogens is 386 g/mol. The molecule has 0 spiro atoms. The summed E-state index contributed by atoms with van der Waals surface area (Å²) in [7, 11) is 2.79. The molecule has 0 unspecified atom stereocenters. The van der Waals surface area contributed by atoms with E-state index in [-0.39, 0.29) is 6.42 Å². The van der Waals surface area contributed by atoms with Crippen LogP contribution >= 0.6 is 27.5 Å². The summed E-state index contributed by atoms with van der Waals surface area (Å²) >= 11 is 9.42. The van der Waals surface area contributed by atoms with Crippen LogP contribution in [0.4, 0.5) is 4.79 Å². The van der Waals surface area contributed by atoms with Crippen molar-refractivity contribution in [3.8, 4) is 0 Å². The van der Waals surface area contributed by atoms with Gasteiger partial charge in [-0.15, -0.1) is 0 Å². The molecule has 23 heavy (non-hydrogen) atoms. The fraction of sp³-hybridized carbons (Fsp3) is 0.500. The molecule has 1 rings (SSSR count). The molecule has 1 aromatic rings. The molecule has 1 aromatic carbocycles. The fourth-order valence-electron chi connectivity index (χ4n) is 1.88. The highest BCUT2D eigenvalue weighted by atomic mass is 79.9. The zero-order chi connectivity index (χ0) is 17.8. The summed E-state index contributed by atoms with van der Waals surface area (Å²) in [5, 5.41) is 0.548. The molecule has 0 saturated heterocycles. The second-order valence-electron chi connectivity index (χ2n) is 6.07. The predicted molar refractivity (Wildman–Crippen MR) is 92.7 cm³/mol.